The van der Waals surface area contributed by atoms with Crippen molar-refractivity contribution < 1.29 is 9.53 Å². The Kier molecular flexibility index (Phi) is 5.02. The highest BCUT2D eigenvalue weighted by atomic mass is 35.5. The van der Waals surface area contributed by atoms with Crippen molar-refractivity contribution in [1.82, 2.24) is 9.88 Å². The summed E-state index contributed by atoms with van der Waals surface area (Å²) in [6.07, 6.45) is 3.96. The maximum atomic E-state index is 12.1. The minimum Gasteiger partial charge on any atom is -0.379 e. The van der Waals surface area contributed by atoms with E-state index in [1.807, 2.05) is 0 Å². The maximum absolute atomic E-state index is 12.1. The summed E-state index contributed by atoms with van der Waals surface area (Å²) in [5, 5.41) is 0.486. The van der Waals surface area contributed by atoms with Gasteiger partial charge in [-0.05, 0) is 24.8 Å². The van der Waals surface area contributed by atoms with Crippen LogP contribution in [0.3, 0.4) is 0 Å². The van der Waals surface area contributed by atoms with Gasteiger partial charge in [0.15, 0.2) is 0 Å². The third-order valence-electron chi connectivity index (χ3n) is 3.01. The minimum absolute atomic E-state index is 0.138. The zero-order valence-electron chi connectivity index (χ0n) is 10.7. The lowest BCUT2D eigenvalue weighted by molar-refractivity contribution is 0.0681. The van der Waals surface area contributed by atoms with Gasteiger partial charge >= 0.3 is 0 Å². The molecule has 0 aromatic carbocycles. The van der Waals surface area contributed by atoms with Gasteiger partial charge in [-0.3, -0.25) is 4.79 Å². The summed E-state index contributed by atoms with van der Waals surface area (Å²) in [7, 11) is 1.73. The van der Waals surface area contributed by atoms with Crippen LogP contribution < -0.4 is 0 Å². The summed E-state index contributed by atoms with van der Waals surface area (Å²) in [5.74, 6) is 0.598. The van der Waals surface area contributed by atoms with E-state index in [0.717, 1.165) is 12.5 Å². The monoisotopic (exact) mass is 302 g/mol. The molecule has 2 rings (SSSR count). The Hall–Kier alpha value is -0.840. The van der Waals surface area contributed by atoms with Crippen LogP contribution in [0.25, 0.3) is 0 Å². The molecule has 6 heteroatoms. The summed E-state index contributed by atoms with van der Waals surface area (Å²) in [6, 6.07) is 1.53. The second kappa shape index (κ2) is 6.55. The van der Waals surface area contributed by atoms with Crippen molar-refractivity contribution in [2.75, 3.05) is 26.8 Å². The van der Waals surface area contributed by atoms with Crippen LogP contribution in [0.4, 0.5) is 0 Å². The molecule has 19 heavy (non-hydrogen) atoms. The van der Waals surface area contributed by atoms with E-state index in [9.17, 15) is 4.79 Å². The first-order chi connectivity index (χ1) is 9.08. The molecule has 0 aliphatic heterocycles. The fourth-order valence-electron chi connectivity index (χ4n) is 1.60. The molecule has 1 fully saturated rings. The zero-order valence-corrected chi connectivity index (χ0v) is 12.2. The lowest BCUT2D eigenvalue weighted by atomic mass is 10.2. The van der Waals surface area contributed by atoms with Gasteiger partial charge in [-0.2, -0.15) is 0 Å². The highest BCUT2D eigenvalue weighted by Crippen LogP contribution is 2.28. The van der Waals surface area contributed by atoms with Crippen LogP contribution >= 0.6 is 23.2 Å². The molecule has 0 N–H and O–H groups in total. The Balaban J connectivity index is 1.81. The van der Waals surface area contributed by atoms with Gasteiger partial charge < -0.3 is 9.64 Å². The van der Waals surface area contributed by atoms with Gasteiger partial charge in [0.1, 0.15) is 5.15 Å². The van der Waals surface area contributed by atoms with Crippen molar-refractivity contribution in [3.8, 4) is 0 Å². The van der Waals surface area contributed by atoms with Gasteiger partial charge in [-0.25, -0.2) is 4.98 Å². The number of halogens is 2. The van der Waals surface area contributed by atoms with Crippen molar-refractivity contribution in [3.63, 3.8) is 0 Å². The van der Waals surface area contributed by atoms with Crippen molar-refractivity contribution >= 4 is 29.1 Å². The summed E-state index contributed by atoms with van der Waals surface area (Å²) in [5.41, 5.74) is 0.430. The molecule has 0 unspecified atom stereocenters. The van der Waals surface area contributed by atoms with Gasteiger partial charge in [-0.15, -0.1) is 0 Å². The molecule has 0 bridgehead atoms. The molecule has 0 saturated heterocycles. The summed E-state index contributed by atoms with van der Waals surface area (Å²) in [6.45, 7) is 1.90. The first-order valence-electron chi connectivity index (χ1n) is 6.22. The number of carbonyl (C=O) groups excluding carboxylic acids is 1. The topological polar surface area (TPSA) is 42.4 Å². The van der Waals surface area contributed by atoms with Crippen LogP contribution in [-0.4, -0.2) is 42.6 Å². The second-order valence-electron chi connectivity index (χ2n) is 4.74. The van der Waals surface area contributed by atoms with E-state index in [2.05, 4.69) is 4.98 Å². The largest absolute Gasteiger partial charge is 0.379 e. The van der Waals surface area contributed by atoms with Crippen LogP contribution in [0.5, 0.6) is 0 Å². The Morgan fingerprint density at radius 1 is 1.53 bits per heavy atom. The lowest BCUT2D eigenvalue weighted by Gasteiger charge is -2.17. The first kappa shape index (κ1) is 14.6. The number of hydrogen-bond donors (Lipinski definition) is 0. The third kappa shape index (κ3) is 4.34. The van der Waals surface area contributed by atoms with E-state index in [0.29, 0.717) is 18.7 Å². The van der Waals surface area contributed by atoms with Crippen LogP contribution in [-0.2, 0) is 4.74 Å². The Labute approximate surface area is 122 Å². The maximum Gasteiger partial charge on any atom is 0.255 e. The zero-order chi connectivity index (χ0) is 13.8. The normalized spacial score (nSPS) is 14.5. The number of amides is 1. The quantitative estimate of drug-likeness (QED) is 0.599. The molecule has 1 amide bonds. The number of nitrogens with zero attached hydrogens (tertiary/aromatic N) is 2. The van der Waals surface area contributed by atoms with Crippen molar-refractivity contribution in [2.45, 2.75) is 12.8 Å². The number of ether oxygens (including phenoxy) is 1. The van der Waals surface area contributed by atoms with Crippen LogP contribution in [0.2, 0.25) is 10.2 Å². The molecular weight excluding hydrogens is 287 g/mol. The SMILES string of the molecule is CN(CCOCC1CC1)C(=O)c1cnc(Cl)c(Cl)c1. The first-order valence-corrected chi connectivity index (χ1v) is 6.97. The van der Waals surface area contributed by atoms with E-state index in [1.54, 1.807) is 11.9 Å². The summed E-state index contributed by atoms with van der Waals surface area (Å²) >= 11 is 11.6. The van der Waals surface area contributed by atoms with Crippen LogP contribution in [0, 0.1) is 5.92 Å². The fraction of sp³-hybridized carbons (Fsp3) is 0.538. The number of aromatic nitrogens is 1. The Morgan fingerprint density at radius 2 is 2.26 bits per heavy atom. The number of likely N-dealkylation sites (N-methyl/N-ethyl adjacent to an activating group) is 1. The smallest absolute Gasteiger partial charge is 0.255 e. The van der Waals surface area contributed by atoms with Crippen molar-refractivity contribution in [2.24, 2.45) is 5.92 Å². The summed E-state index contributed by atoms with van der Waals surface area (Å²) in [4.78, 5) is 17.5. The minimum atomic E-state index is -0.138. The molecule has 1 aliphatic carbocycles. The molecule has 1 aromatic rings. The molecule has 4 nitrogen and oxygen atoms in total. The summed E-state index contributed by atoms with van der Waals surface area (Å²) < 4.78 is 5.50. The average molecular weight is 303 g/mol. The van der Waals surface area contributed by atoms with Crippen LogP contribution in [0.1, 0.15) is 23.2 Å². The van der Waals surface area contributed by atoms with Crippen LogP contribution in [0.15, 0.2) is 12.3 Å². The second-order valence-corrected chi connectivity index (χ2v) is 5.51. The van der Waals surface area contributed by atoms with E-state index in [1.165, 1.54) is 25.1 Å². The molecule has 1 saturated carbocycles. The van der Waals surface area contributed by atoms with Gasteiger partial charge in [0, 0.05) is 26.4 Å². The fourth-order valence-corrected chi connectivity index (χ4v) is 1.87. The lowest BCUT2D eigenvalue weighted by Crippen LogP contribution is -2.30. The highest BCUT2D eigenvalue weighted by molar-refractivity contribution is 6.41. The predicted octanol–water partition coefficient (Wildman–Crippen LogP) is 2.89. The van der Waals surface area contributed by atoms with E-state index in [4.69, 9.17) is 27.9 Å². The number of carbonyl (C=O) groups is 1. The molecule has 1 aromatic heterocycles. The molecule has 0 atom stereocenters. The molecule has 0 spiro atoms. The van der Waals surface area contributed by atoms with Crippen molar-refractivity contribution in [1.29, 1.82) is 0 Å². The van der Waals surface area contributed by atoms with Gasteiger partial charge in [0.2, 0.25) is 0 Å². The molecule has 0 radical (unpaired) electrons. The standard InChI is InChI=1S/C13H16Cl2N2O2/c1-17(4-5-19-8-9-2-3-9)13(18)10-6-11(14)12(15)16-7-10/h6-7,9H,2-5,8H2,1H3. The van der Waals surface area contributed by atoms with E-state index in [-0.39, 0.29) is 16.1 Å². The molecule has 104 valence electrons. The predicted molar refractivity (Wildman–Crippen MR) is 74.8 cm³/mol. The number of pyridine rings is 1. The van der Waals surface area contributed by atoms with Crippen molar-refractivity contribution in [3.05, 3.63) is 28.0 Å². The van der Waals surface area contributed by atoms with E-state index >= 15 is 0 Å². The molecule has 1 heterocycles. The number of hydrogen-bond acceptors (Lipinski definition) is 3. The van der Waals surface area contributed by atoms with Gasteiger partial charge in [0.05, 0.1) is 17.2 Å². The van der Waals surface area contributed by atoms with Gasteiger partial charge in [0.25, 0.3) is 5.91 Å². The number of rotatable bonds is 6. The van der Waals surface area contributed by atoms with E-state index < -0.39 is 0 Å². The Morgan fingerprint density at radius 3 is 2.89 bits per heavy atom. The molecule has 1 aliphatic rings. The Bertz CT molecular complexity index is 464. The average Bonchev–Trinajstić information content (AvgIpc) is 3.21. The molecular formula is C13H16Cl2N2O2. The highest BCUT2D eigenvalue weighted by Gasteiger charge is 2.21. The van der Waals surface area contributed by atoms with Gasteiger partial charge in [-0.1, -0.05) is 23.2 Å². The third-order valence-corrected chi connectivity index (χ3v) is 3.70.